The van der Waals surface area contributed by atoms with Gasteiger partial charge in [0.1, 0.15) is 28.6 Å². The van der Waals surface area contributed by atoms with Gasteiger partial charge in [0.15, 0.2) is 11.2 Å². The summed E-state index contributed by atoms with van der Waals surface area (Å²) in [4.78, 5) is 25.4. The molecule has 302 valence electrons. The number of fused-ring (bicyclic) bond motifs is 3. The van der Waals surface area contributed by atoms with Gasteiger partial charge in [-0.1, -0.05) is 24.3 Å². The Hall–Kier alpha value is -5.51. The zero-order valence-corrected chi connectivity index (χ0v) is 31.8. The number of nitrogens with one attached hydrogen (secondary N) is 1. The Kier molecular flexibility index (Phi) is 10.1. The van der Waals surface area contributed by atoms with Crippen LogP contribution >= 0.6 is 0 Å². The molecule has 6 aromatic rings. The molecule has 0 bridgehead atoms. The average Bonchev–Trinajstić information content (AvgIpc) is 4.01. The maximum Gasteiger partial charge on any atom is 0.387 e. The van der Waals surface area contributed by atoms with Crippen molar-refractivity contribution in [2.45, 2.75) is 59.0 Å². The molecule has 9 rings (SSSR count). The van der Waals surface area contributed by atoms with Gasteiger partial charge < -0.3 is 28.7 Å². The maximum absolute atomic E-state index is 13.6. The molecule has 2 aromatic heterocycles. The average molecular weight is 800 g/mol. The molecule has 2 unspecified atom stereocenters. The predicted octanol–water partition coefficient (Wildman–Crippen LogP) is 8.49. The lowest BCUT2D eigenvalue weighted by Gasteiger charge is -2.22. The lowest BCUT2D eigenvalue weighted by Crippen LogP contribution is -2.35. The highest BCUT2D eigenvalue weighted by molar-refractivity contribution is 5.85. The van der Waals surface area contributed by atoms with Crippen LogP contribution in [-0.4, -0.2) is 82.8 Å². The zero-order valence-electron chi connectivity index (χ0n) is 31.8. The maximum atomic E-state index is 13.6. The van der Waals surface area contributed by atoms with Crippen molar-refractivity contribution in [3.05, 3.63) is 82.9 Å². The van der Waals surface area contributed by atoms with Crippen molar-refractivity contribution < 1.29 is 45.8 Å². The molecule has 3 fully saturated rings. The topological polar surface area (TPSA) is 126 Å². The number of ether oxygens (including phenoxy) is 2. The van der Waals surface area contributed by atoms with E-state index >= 15 is 0 Å². The molecule has 3 aliphatic heterocycles. The van der Waals surface area contributed by atoms with Gasteiger partial charge in [0.2, 0.25) is 11.8 Å². The minimum Gasteiger partial charge on any atom is -0.480 e. The molecule has 0 amide bonds. The Balaban J connectivity index is 1.03. The van der Waals surface area contributed by atoms with Crippen LogP contribution in [0, 0.1) is 25.7 Å². The van der Waals surface area contributed by atoms with Crippen molar-refractivity contribution in [1.29, 1.82) is 0 Å². The van der Waals surface area contributed by atoms with Crippen LogP contribution < -0.4 is 14.8 Å². The summed E-state index contributed by atoms with van der Waals surface area (Å²) in [6.45, 7) is 2.62. The van der Waals surface area contributed by atoms with Gasteiger partial charge >= 0.3 is 19.2 Å². The number of aromatic nitrogens is 2. The van der Waals surface area contributed by atoms with Crippen molar-refractivity contribution in [2.24, 2.45) is 11.8 Å². The fraction of sp³-hybridized carbons (Fsp3) is 0.372. The highest BCUT2D eigenvalue weighted by Crippen LogP contribution is 2.40. The van der Waals surface area contributed by atoms with Crippen LogP contribution in [0.1, 0.15) is 35.1 Å². The number of rotatable bonds is 12. The number of carboxylic acids is 1. The van der Waals surface area contributed by atoms with E-state index in [-0.39, 0.29) is 29.5 Å². The summed E-state index contributed by atoms with van der Waals surface area (Å²) in [7, 11) is 0. The Morgan fingerprint density at radius 2 is 1.29 bits per heavy atom. The smallest absolute Gasteiger partial charge is 0.387 e. The molecule has 0 aliphatic carbocycles. The van der Waals surface area contributed by atoms with E-state index in [1.54, 1.807) is 17.0 Å². The largest absolute Gasteiger partial charge is 0.480 e. The van der Waals surface area contributed by atoms with Crippen LogP contribution in [0.25, 0.3) is 56.2 Å². The third-order valence-electron chi connectivity index (χ3n) is 11.9. The Morgan fingerprint density at radius 3 is 1.79 bits per heavy atom. The second kappa shape index (κ2) is 15.3. The number of hydrogen-bond donors (Lipinski definition) is 2. The van der Waals surface area contributed by atoms with Gasteiger partial charge in [-0.2, -0.15) is 17.6 Å². The molecule has 15 heteroatoms. The van der Waals surface area contributed by atoms with Crippen LogP contribution in [0.2, 0.25) is 0 Å². The number of hydrogen-bond acceptors (Lipinski definition) is 10. The predicted molar refractivity (Wildman–Crippen MR) is 207 cm³/mol. The van der Waals surface area contributed by atoms with Gasteiger partial charge in [-0.05, 0) is 105 Å². The first-order valence-electron chi connectivity index (χ1n) is 19.4. The number of carboxylic acid groups (broad SMARTS) is 1. The van der Waals surface area contributed by atoms with Crippen molar-refractivity contribution >= 4 is 28.2 Å². The highest BCUT2D eigenvalue weighted by Gasteiger charge is 2.36. The van der Waals surface area contributed by atoms with Crippen molar-refractivity contribution in [2.75, 3.05) is 32.7 Å². The Labute approximate surface area is 330 Å². The second-order valence-electron chi connectivity index (χ2n) is 15.4. The van der Waals surface area contributed by atoms with E-state index < -0.39 is 25.2 Å². The van der Waals surface area contributed by atoms with Crippen molar-refractivity contribution in [3.63, 3.8) is 0 Å². The first kappa shape index (κ1) is 38.0. The van der Waals surface area contributed by atoms with Crippen LogP contribution in [0.15, 0.2) is 69.5 Å². The minimum atomic E-state index is -3.09. The SMILES string of the molecule is Cc1c(-c2nc3cc(CN4CC5CNCC5C4)c(OC(F)F)cc3o2)cccc1-c1cccc(-c2nc3cc(CN4CCC[C@H]4C(=O)O)c(OC(F)F)cc3o2)c1C. The summed E-state index contributed by atoms with van der Waals surface area (Å²) in [6, 6.07) is 17.1. The number of benzene rings is 4. The van der Waals surface area contributed by atoms with Crippen LogP contribution in [0.5, 0.6) is 11.5 Å². The fourth-order valence-corrected chi connectivity index (χ4v) is 9.04. The molecule has 58 heavy (non-hydrogen) atoms. The highest BCUT2D eigenvalue weighted by atomic mass is 19.3. The quantitative estimate of drug-likeness (QED) is 0.116. The summed E-state index contributed by atoms with van der Waals surface area (Å²) in [5, 5.41) is 13.1. The summed E-state index contributed by atoms with van der Waals surface area (Å²) < 4.78 is 76.5. The standard InChI is InChI=1S/C43H41F4N5O6/c1-22-28(6-3-8-30(22)39-49-32-12-24(35(57-42(44)45)14-37(32)55-39)18-51-19-26-16-48-17-27(26)20-51)29-7-4-9-31(23(29)2)40-50-33-13-25(21-52-11-5-10-34(52)41(53)54)36(58-43(46)47)15-38(33)56-40/h3-4,6-9,12-15,26-27,34,42-43,48H,5,10-11,16-21H2,1-2H3,(H,53,54)/t26?,27?,34-/m0/s1. The van der Waals surface area contributed by atoms with E-state index in [1.807, 2.05) is 50.2 Å². The molecule has 0 spiro atoms. The molecule has 0 saturated carbocycles. The number of aliphatic carboxylic acids is 1. The number of alkyl halides is 4. The molecule has 5 heterocycles. The lowest BCUT2D eigenvalue weighted by atomic mass is 9.91. The van der Waals surface area contributed by atoms with Gasteiger partial charge in [-0.25, -0.2) is 9.97 Å². The van der Waals surface area contributed by atoms with E-state index in [1.165, 1.54) is 12.1 Å². The zero-order chi connectivity index (χ0) is 40.2. The molecule has 3 aliphatic rings. The van der Waals surface area contributed by atoms with Crippen molar-refractivity contribution in [1.82, 2.24) is 25.1 Å². The van der Waals surface area contributed by atoms with E-state index in [0.29, 0.717) is 77.0 Å². The first-order chi connectivity index (χ1) is 28.0. The van der Waals surface area contributed by atoms with Gasteiger partial charge in [0, 0.05) is 60.6 Å². The fourth-order valence-electron chi connectivity index (χ4n) is 9.04. The molecule has 0 radical (unpaired) electrons. The van der Waals surface area contributed by atoms with Gasteiger partial charge in [-0.3, -0.25) is 14.6 Å². The molecule has 3 atom stereocenters. The van der Waals surface area contributed by atoms with E-state index in [4.69, 9.17) is 28.3 Å². The minimum absolute atomic E-state index is 0.0740. The third-order valence-corrected chi connectivity index (χ3v) is 11.9. The van der Waals surface area contributed by atoms with E-state index in [2.05, 4.69) is 10.2 Å². The summed E-state index contributed by atoms with van der Waals surface area (Å²) in [5.74, 6) is 0.734. The number of nitrogens with zero attached hydrogens (tertiary/aromatic N) is 4. The van der Waals surface area contributed by atoms with Crippen LogP contribution in [0.4, 0.5) is 17.6 Å². The van der Waals surface area contributed by atoms with Gasteiger partial charge in [-0.15, -0.1) is 0 Å². The second-order valence-corrected chi connectivity index (χ2v) is 15.4. The summed E-state index contributed by atoms with van der Waals surface area (Å²) in [5.41, 5.74) is 7.45. The molecular weight excluding hydrogens is 758 g/mol. The summed E-state index contributed by atoms with van der Waals surface area (Å²) in [6.07, 6.45) is 1.16. The van der Waals surface area contributed by atoms with E-state index in [9.17, 15) is 27.5 Å². The molecule has 2 N–H and O–H groups in total. The number of oxazole rings is 2. The summed E-state index contributed by atoms with van der Waals surface area (Å²) >= 11 is 0. The van der Waals surface area contributed by atoms with E-state index in [0.717, 1.165) is 54.0 Å². The van der Waals surface area contributed by atoms with Crippen molar-refractivity contribution in [3.8, 4) is 45.5 Å². The Morgan fingerprint density at radius 1 is 0.793 bits per heavy atom. The van der Waals surface area contributed by atoms with Gasteiger partial charge in [0.25, 0.3) is 0 Å². The first-order valence-corrected chi connectivity index (χ1v) is 19.4. The Bertz CT molecular complexity index is 2510. The normalized spacial score (nSPS) is 20.0. The van der Waals surface area contributed by atoms with Crippen LogP contribution in [0.3, 0.4) is 0 Å². The number of carbonyl (C=O) groups is 1. The monoisotopic (exact) mass is 799 g/mol. The third kappa shape index (κ3) is 7.26. The molecule has 11 nitrogen and oxygen atoms in total. The van der Waals surface area contributed by atoms with Gasteiger partial charge in [0.05, 0.1) is 0 Å². The molecular formula is C43H41F4N5O6. The van der Waals surface area contributed by atoms with Crippen LogP contribution in [-0.2, 0) is 17.9 Å². The number of likely N-dealkylation sites (tertiary alicyclic amines) is 2. The molecule has 4 aromatic carbocycles. The molecule has 3 saturated heterocycles. The lowest BCUT2D eigenvalue weighted by molar-refractivity contribution is -0.142. The number of halogens is 4.